The Morgan fingerprint density at radius 3 is 2.52 bits per heavy atom. The molecular weight excluding hydrogens is 284 g/mol. The third kappa shape index (κ3) is 4.46. The summed E-state index contributed by atoms with van der Waals surface area (Å²) in [6, 6.07) is 8.22. The molecule has 0 unspecified atom stereocenters. The van der Waals surface area contributed by atoms with Crippen molar-refractivity contribution in [2.24, 2.45) is 5.73 Å². The van der Waals surface area contributed by atoms with Crippen LogP contribution < -0.4 is 5.73 Å². The van der Waals surface area contributed by atoms with Crippen LogP contribution in [0, 0.1) is 0 Å². The van der Waals surface area contributed by atoms with Crippen LogP contribution >= 0.6 is 0 Å². The molecule has 120 valence electrons. The Bertz CT molecular complexity index is 689. The minimum atomic E-state index is -0.354. The molecular formula is C20H24N2O. The zero-order valence-corrected chi connectivity index (χ0v) is 14.0. The van der Waals surface area contributed by atoms with Gasteiger partial charge in [-0.3, -0.25) is 4.79 Å². The highest BCUT2D eigenvalue weighted by atomic mass is 16.1. The summed E-state index contributed by atoms with van der Waals surface area (Å²) in [6.07, 6.45) is 12.1. The summed E-state index contributed by atoms with van der Waals surface area (Å²) in [6.45, 7) is 1.93. The van der Waals surface area contributed by atoms with Crippen molar-refractivity contribution in [2.75, 3.05) is 14.1 Å². The lowest BCUT2D eigenvalue weighted by atomic mass is 10.0. The highest BCUT2D eigenvalue weighted by Crippen LogP contribution is 2.23. The number of hydrogen-bond acceptors (Lipinski definition) is 2. The second kappa shape index (κ2) is 7.63. The molecule has 3 heteroatoms. The van der Waals surface area contributed by atoms with Crippen LogP contribution in [0.15, 0.2) is 59.8 Å². The van der Waals surface area contributed by atoms with E-state index in [0.29, 0.717) is 12.0 Å². The SMILES string of the molecule is CC/C(=C\c1ccc(C2=CCC=CC(N(C)C)=C2)cc1)C(N)=O. The van der Waals surface area contributed by atoms with Crippen molar-refractivity contribution in [1.82, 2.24) is 4.90 Å². The first-order chi connectivity index (χ1) is 11.0. The predicted molar refractivity (Wildman–Crippen MR) is 97.4 cm³/mol. The Labute approximate surface area is 138 Å². The summed E-state index contributed by atoms with van der Waals surface area (Å²) < 4.78 is 0. The molecule has 0 fully saturated rings. The molecule has 1 amide bonds. The Hall–Kier alpha value is -2.55. The number of allylic oxidation sites excluding steroid dienone is 5. The van der Waals surface area contributed by atoms with E-state index in [1.165, 1.54) is 16.8 Å². The van der Waals surface area contributed by atoms with Gasteiger partial charge in [0.15, 0.2) is 0 Å². The van der Waals surface area contributed by atoms with Gasteiger partial charge in [0.25, 0.3) is 0 Å². The van der Waals surface area contributed by atoms with Gasteiger partial charge in [0.05, 0.1) is 0 Å². The van der Waals surface area contributed by atoms with Crippen LogP contribution in [0.1, 0.15) is 30.9 Å². The molecule has 23 heavy (non-hydrogen) atoms. The van der Waals surface area contributed by atoms with Gasteiger partial charge in [0, 0.05) is 25.4 Å². The normalized spacial score (nSPS) is 14.8. The number of amides is 1. The summed E-state index contributed by atoms with van der Waals surface area (Å²) in [5.74, 6) is -0.354. The highest BCUT2D eigenvalue weighted by Gasteiger charge is 2.05. The van der Waals surface area contributed by atoms with Crippen LogP contribution in [-0.2, 0) is 4.79 Å². The molecule has 0 heterocycles. The molecule has 3 nitrogen and oxygen atoms in total. The molecule has 1 aromatic carbocycles. The average Bonchev–Trinajstić information content (AvgIpc) is 2.79. The number of likely N-dealkylation sites (N-methyl/N-ethyl adjacent to an activating group) is 1. The van der Waals surface area contributed by atoms with Gasteiger partial charge < -0.3 is 10.6 Å². The number of carbonyl (C=O) groups is 1. The molecule has 0 radical (unpaired) electrons. The summed E-state index contributed by atoms with van der Waals surface area (Å²) in [5.41, 5.74) is 10.6. The topological polar surface area (TPSA) is 46.3 Å². The Morgan fingerprint density at radius 2 is 1.96 bits per heavy atom. The van der Waals surface area contributed by atoms with Gasteiger partial charge in [0.1, 0.15) is 0 Å². The van der Waals surface area contributed by atoms with Crippen LogP contribution in [0.2, 0.25) is 0 Å². The predicted octanol–water partition coefficient (Wildman–Crippen LogP) is 3.75. The Morgan fingerprint density at radius 1 is 1.26 bits per heavy atom. The molecule has 2 N–H and O–H groups in total. The minimum Gasteiger partial charge on any atom is -0.378 e. The van der Waals surface area contributed by atoms with Crippen molar-refractivity contribution < 1.29 is 4.79 Å². The lowest BCUT2D eigenvalue weighted by Crippen LogP contribution is -2.13. The zero-order chi connectivity index (χ0) is 16.8. The van der Waals surface area contributed by atoms with Gasteiger partial charge in [-0.15, -0.1) is 0 Å². The number of nitrogens with two attached hydrogens (primary N) is 1. The van der Waals surface area contributed by atoms with Gasteiger partial charge in [-0.1, -0.05) is 43.3 Å². The van der Waals surface area contributed by atoms with E-state index >= 15 is 0 Å². The van der Waals surface area contributed by atoms with Crippen molar-refractivity contribution in [3.63, 3.8) is 0 Å². The van der Waals surface area contributed by atoms with Crippen LogP contribution in [0.5, 0.6) is 0 Å². The van der Waals surface area contributed by atoms with Crippen LogP contribution in [-0.4, -0.2) is 24.9 Å². The summed E-state index contributed by atoms with van der Waals surface area (Å²) in [5, 5.41) is 0. The Balaban J connectivity index is 2.28. The van der Waals surface area contributed by atoms with E-state index in [-0.39, 0.29) is 5.91 Å². The van der Waals surface area contributed by atoms with E-state index in [1.54, 1.807) is 0 Å². The van der Waals surface area contributed by atoms with Gasteiger partial charge in [-0.2, -0.15) is 0 Å². The second-order valence-electron chi connectivity index (χ2n) is 5.77. The van der Waals surface area contributed by atoms with Gasteiger partial charge in [-0.05, 0) is 47.8 Å². The van der Waals surface area contributed by atoms with Crippen molar-refractivity contribution >= 4 is 17.6 Å². The van der Waals surface area contributed by atoms with E-state index in [2.05, 4.69) is 41.3 Å². The number of rotatable bonds is 5. The van der Waals surface area contributed by atoms with Crippen LogP contribution in [0.3, 0.4) is 0 Å². The van der Waals surface area contributed by atoms with Crippen molar-refractivity contribution in [3.05, 3.63) is 71.0 Å². The molecule has 2 rings (SSSR count). The number of carbonyl (C=O) groups excluding carboxylic acids is 1. The Kier molecular flexibility index (Phi) is 5.58. The molecule has 1 aromatic rings. The standard InChI is InChI=1S/C20H24N2O/c1-4-16(20(21)23)13-15-9-11-17(12-10-15)18-7-5-6-8-19(14-18)22(2)3/h6-14H,4-5H2,1-3H3,(H2,21,23)/b16-13+. The first kappa shape index (κ1) is 16.8. The number of primary amides is 1. The number of benzene rings is 1. The van der Waals surface area contributed by atoms with Crippen molar-refractivity contribution in [2.45, 2.75) is 19.8 Å². The molecule has 0 bridgehead atoms. The highest BCUT2D eigenvalue weighted by molar-refractivity contribution is 5.96. The number of hydrogen-bond donors (Lipinski definition) is 1. The summed E-state index contributed by atoms with van der Waals surface area (Å²) in [7, 11) is 4.09. The minimum absolute atomic E-state index is 0.354. The fourth-order valence-electron chi connectivity index (χ4n) is 2.45. The molecule has 0 aromatic heterocycles. The van der Waals surface area contributed by atoms with Gasteiger partial charge in [0.2, 0.25) is 5.91 Å². The monoisotopic (exact) mass is 308 g/mol. The van der Waals surface area contributed by atoms with E-state index in [0.717, 1.165) is 12.0 Å². The first-order valence-electron chi connectivity index (χ1n) is 7.87. The van der Waals surface area contributed by atoms with E-state index in [1.807, 2.05) is 39.2 Å². The molecule has 0 atom stereocenters. The van der Waals surface area contributed by atoms with Crippen molar-refractivity contribution in [3.8, 4) is 0 Å². The molecule has 0 aliphatic heterocycles. The maximum atomic E-state index is 11.3. The second-order valence-corrected chi connectivity index (χ2v) is 5.77. The third-order valence-corrected chi connectivity index (χ3v) is 3.86. The molecule has 1 aliphatic carbocycles. The maximum absolute atomic E-state index is 11.3. The number of nitrogens with zero attached hydrogens (tertiary/aromatic N) is 1. The quantitative estimate of drug-likeness (QED) is 0.842. The van der Waals surface area contributed by atoms with E-state index in [4.69, 9.17) is 5.73 Å². The van der Waals surface area contributed by atoms with Crippen LogP contribution in [0.4, 0.5) is 0 Å². The summed E-state index contributed by atoms with van der Waals surface area (Å²) >= 11 is 0. The molecule has 0 saturated heterocycles. The maximum Gasteiger partial charge on any atom is 0.244 e. The smallest absolute Gasteiger partial charge is 0.244 e. The van der Waals surface area contributed by atoms with Gasteiger partial charge in [-0.25, -0.2) is 0 Å². The summed E-state index contributed by atoms with van der Waals surface area (Å²) in [4.78, 5) is 13.4. The molecule has 1 aliphatic rings. The molecule has 0 saturated carbocycles. The van der Waals surface area contributed by atoms with Crippen molar-refractivity contribution in [1.29, 1.82) is 0 Å². The fraction of sp³-hybridized carbons (Fsp3) is 0.250. The lowest BCUT2D eigenvalue weighted by Gasteiger charge is -2.14. The average molecular weight is 308 g/mol. The lowest BCUT2D eigenvalue weighted by molar-refractivity contribution is -0.114. The fourth-order valence-corrected chi connectivity index (χ4v) is 2.45. The van der Waals surface area contributed by atoms with E-state index < -0.39 is 0 Å². The zero-order valence-electron chi connectivity index (χ0n) is 14.0. The molecule has 0 spiro atoms. The van der Waals surface area contributed by atoms with Gasteiger partial charge >= 0.3 is 0 Å². The van der Waals surface area contributed by atoms with Crippen LogP contribution in [0.25, 0.3) is 11.6 Å². The third-order valence-electron chi connectivity index (χ3n) is 3.86. The van der Waals surface area contributed by atoms with E-state index in [9.17, 15) is 4.79 Å². The first-order valence-corrected chi connectivity index (χ1v) is 7.87. The largest absolute Gasteiger partial charge is 0.378 e.